The summed E-state index contributed by atoms with van der Waals surface area (Å²) in [5.41, 5.74) is 3.02. The molecule has 0 aliphatic heterocycles. The number of amides is 1. The van der Waals surface area contributed by atoms with E-state index in [1.807, 2.05) is 60.2 Å². The summed E-state index contributed by atoms with van der Waals surface area (Å²) in [4.78, 5) is 12.5. The van der Waals surface area contributed by atoms with Gasteiger partial charge in [0.1, 0.15) is 6.54 Å². The highest BCUT2D eigenvalue weighted by Crippen LogP contribution is 2.29. The van der Waals surface area contributed by atoms with Gasteiger partial charge in [0, 0.05) is 30.1 Å². The molecule has 6 nitrogen and oxygen atoms in total. The van der Waals surface area contributed by atoms with Crippen molar-refractivity contribution < 1.29 is 9.21 Å². The largest absolute Gasteiger partial charge is 0.421 e. The summed E-state index contributed by atoms with van der Waals surface area (Å²) in [6, 6.07) is 18.0. The lowest BCUT2D eigenvalue weighted by Gasteiger charge is -2.07. The number of carbonyl (C=O) groups excluding carboxylic acids is 1. The first-order chi connectivity index (χ1) is 13.7. The van der Waals surface area contributed by atoms with E-state index in [0.29, 0.717) is 24.7 Å². The van der Waals surface area contributed by atoms with Crippen LogP contribution < -0.4 is 5.32 Å². The third-order valence-electron chi connectivity index (χ3n) is 4.68. The Balaban J connectivity index is 1.50. The van der Waals surface area contributed by atoms with Crippen molar-refractivity contribution in [2.45, 2.75) is 26.3 Å². The first kappa shape index (κ1) is 18.0. The van der Waals surface area contributed by atoms with Gasteiger partial charge in [-0.25, -0.2) is 0 Å². The predicted molar refractivity (Wildman–Crippen MR) is 108 cm³/mol. The van der Waals surface area contributed by atoms with Crippen LogP contribution in [0, 0.1) is 0 Å². The number of para-hydroxylation sites is 1. The van der Waals surface area contributed by atoms with Crippen LogP contribution in [0.4, 0.5) is 0 Å². The smallest absolute Gasteiger partial charge is 0.249 e. The predicted octanol–water partition coefficient (Wildman–Crippen LogP) is 3.61. The highest BCUT2D eigenvalue weighted by molar-refractivity contribution is 5.94. The SMILES string of the molecule is CCc1nnc(-c2cn(CC(=O)NCCc3ccccc3)c3ccccc23)o1. The molecule has 28 heavy (non-hydrogen) atoms. The number of aryl methyl sites for hydroxylation is 1. The van der Waals surface area contributed by atoms with Gasteiger partial charge in [0.15, 0.2) is 0 Å². The summed E-state index contributed by atoms with van der Waals surface area (Å²) in [5, 5.41) is 12.2. The van der Waals surface area contributed by atoms with Gasteiger partial charge < -0.3 is 14.3 Å². The molecular formula is C22H22N4O2. The van der Waals surface area contributed by atoms with Crippen molar-refractivity contribution in [3.05, 3.63) is 72.2 Å². The fraction of sp³-hybridized carbons (Fsp3) is 0.227. The fourth-order valence-electron chi connectivity index (χ4n) is 3.25. The molecule has 0 saturated carbocycles. The molecular weight excluding hydrogens is 352 g/mol. The Kier molecular flexibility index (Phi) is 5.19. The summed E-state index contributed by atoms with van der Waals surface area (Å²) in [7, 11) is 0. The first-order valence-electron chi connectivity index (χ1n) is 9.46. The molecule has 0 aliphatic carbocycles. The number of nitrogens with one attached hydrogen (secondary N) is 1. The van der Waals surface area contributed by atoms with Crippen molar-refractivity contribution in [3.63, 3.8) is 0 Å². The second-order valence-electron chi connectivity index (χ2n) is 6.63. The number of fused-ring (bicyclic) bond motifs is 1. The Hall–Kier alpha value is -3.41. The molecule has 0 aliphatic rings. The molecule has 0 saturated heterocycles. The zero-order valence-electron chi connectivity index (χ0n) is 15.8. The van der Waals surface area contributed by atoms with Crippen molar-refractivity contribution in [3.8, 4) is 11.5 Å². The van der Waals surface area contributed by atoms with Crippen LogP contribution in [0.15, 0.2) is 65.2 Å². The van der Waals surface area contributed by atoms with Gasteiger partial charge in [0.25, 0.3) is 0 Å². The third kappa shape index (κ3) is 3.81. The maximum atomic E-state index is 12.5. The van der Waals surface area contributed by atoms with Crippen molar-refractivity contribution in [1.82, 2.24) is 20.1 Å². The van der Waals surface area contributed by atoms with Crippen LogP contribution in [0.2, 0.25) is 0 Å². The topological polar surface area (TPSA) is 73.0 Å². The molecule has 0 fully saturated rings. The van der Waals surface area contributed by atoms with E-state index in [4.69, 9.17) is 4.42 Å². The van der Waals surface area contributed by atoms with Gasteiger partial charge in [0.05, 0.1) is 5.56 Å². The van der Waals surface area contributed by atoms with E-state index in [1.165, 1.54) is 5.56 Å². The highest BCUT2D eigenvalue weighted by atomic mass is 16.4. The van der Waals surface area contributed by atoms with Crippen LogP contribution in [0.1, 0.15) is 18.4 Å². The summed E-state index contributed by atoms with van der Waals surface area (Å²) in [5.74, 6) is 1.06. The second-order valence-corrected chi connectivity index (χ2v) is 6.63. The van der Waals surface area contributed by atoms with Crippen molar-refractivity contribution in [1.29, 1.82) is 0 Å². The van der Waals surface area contributed by atoms with Gasteiger partial charge >= 0.3 is 0 Å². The zero-order valence-corrected chi connectivity index (χ0v) is 15.8. The average molecular weight is 374 g/mol. The summed E-state index contributed by atoms with van der Waals surface area (Å²) >= 11 is 0. The lowest BCUT2D eigenvalue weighted by molar-refractivity contribution is -0.121. The van der Waals surface area contributed by atoms with Crippen LogP contribution in [-0.4, -0.2) is 27.2 Å². The molecule has 142 valence electrons. The van der Waals surface area contributed by atoms with Crippen LogP contribution in [0.25, 0.3) is 22.4 Å². The lowest BCUT2D eigenvalue weighted by atomic mass is 10.1. The molecule has 6 heteroatoms. The molecule has 0 unspecified atom stereocenters. The zero-order chi connectivity index (χ0) is 19.3. The number of hydrogen-bond donors (Lipinski definition) is 1. The van der Waals surface area contributed by atoms with Crippen LogP contribution in [-0.2, 0) is 24.2 Å². The number of nitrogens with zero attached hydrogens (tertiary/aromatic N) is 3. The highest BCUT2D eigenvalue weighted by Gasteiger charge is 2.16. The number of rotatable bonds is 7. The van der Waals surface area contributed by atoms with Gasteiger partial charge in [-0.1, -0.05) is 55.5 Å². The number of benzene rings is 2. The normalized spacial score (nSPS) is 11.0. The maximum Gasteiger partial charge on any atom is 0.249 e. The average Bonchev–Trinajstić information content (AvgIpc) is 3.34. The minimum atomic E-state index is -0.0250. The molecule has 2 aromatic carbocycles. The van der Waals surface area contributed by atoms with E-state index in [1.54, 1.807) is 0 Å². The molecule has 2 aromatic heterocycles. The standard InChI is InChI=1S/C22H22N4O2/c1-2-21-24-25-22(28-21)18-14-26(19-11-7-6-10-17(18)19)15-20(27)23-13-12-16-8-4-3-5-9-16/h3-11,14H,2,12-13,15H2,1H3,(H,23,27). The van der Waals surface area contributed by atoms with Crippen LogP contribution >= 0.6 is 0 Å². The Morgan fingerprint density at radius 2 is 1.86 bits per heavy atom. The Morgan fingerprint density at radius 1 is 1.07 bits per heavy atom. The van der Waals surface area contributed by atoms with E-state index in [0.717, 1.165) is 22.9 Å². The minimum Gasteiger partial charge on any atom is -0.421 e. The lowest BCUT2D eigenvalue weighted by Crippen LogP contribution is -2.29. The number of hydrogen-bond acceptors (Lipinski definition) is 4. The van der Waals surface area contributed by atoms with E-state index >= 15 is 0 Å². The quantitative estimate of drug-likeness (QED) is 0.536. The molecule has 1 amide bonds. The molecule has 0 radical (unpaired) electrons. The number of aromatic nitrogens is 3. The number of carbonyl (C=O) groups is 1. The molecule has 4 aromatic rings. The second kappa shape index (κ2) is 8.08. The molecule has 2 heterocycles. The summed E-state index contributed by atoms with van der Waals surface area (Å²) in [6.07, 6.45) is 3.41. The summed E-state index contributed by atoms with van der Waals surface area (Å²) < 4.78 is 7.65. The molecule has 0 spiro atoms. The van der Waals surface area contributed by atoms with E-state index in [9.17, 15) is 4.79 Å². The van der Waals surface area contributed by atoms with Gasteiger partial charge in [-0.3, -0.25) is 4.79 Å². The molecule has 0 bridgehead atoms. The van der Waals surface area contributed by atoms with Gasteiger partial charge in [-0.15, -0.1) is 10.2 Å². The van der Waals surface area contributed by atoms with E-state index < -0.39 is 0 Å². The van der Waals surface area contributed by atoms with Gasteiger partial charge in [-0.05, 0) is 18.1 Å². The fourth-order valence-corrected chi connectivity index (χ4v) is 3.25. The van der Waals surface area contributed by atoms with Crippen molar-refractivity contribution in [2.24, 2.45) is 0 Å². The Labute approximate surface area is 163 Å². The Bertz CT molecular complexity index is 1080. The third-order valence-corrected chi connectivity index (χ3v) is 4.68. The monoisotopic (exact) mass is 374 g/mol. The van der Waals surface area contributed by atoms with E-state index in [-0.39, 0.29) is 12.5 Å². The van der Waals surface area contributed by atoms with Crippen molar-refractivity contribution in [2.75, 3.05) is 6.54 Å². The minimum absolute atomic E-state index is 0.0250. The molecule has 4 rings (SSSR count). The molecule has 1 N–H and O–H groups in total. The van der Waals surface area contributed by atoms with Crippen LogP contribution in [0.3, 0.4) is 0 Å². The Morgan fingerprint density at radius 3 is 2.64 bits per heavy atom. The first-order valence-corrected chi connectivity index (χ1v) is 9.46. The van der Waals surface area contributed by atoms with Crippen LogP contribution in [0.5, 0.6) is 0 Å². The van der Waals surface area contributed by atoms with Gasteiger partial charge in [0.2, 0.25) is 17.7 Å². The maximum absolute atomic E-state index is 12.5. The van der Waals surface area contributed by atoms with E-state index in [2.05, 4.69) is 27.6 Å². The van der Waals surface area contributed by atoms with Gasteiger partial charge in [-0.2, -0.15) is 0 Å². The summed E-state index contributed by atoms with van der Waals surface area (Å²) in [6.45, 7) is 2.82. The molecule has 0 atom stereocenters. The van der Waals surface area contributed by atoms with Crippen molar-refractivity contribution >= 4 is 16.8 Å².